The van der Waals surface area contributed by atoms with Gasteiger partial charge >= 0.3 is 6.09 Å². The van der Waals surface area contributed by atoms with Crippen LogP contribution < -0.4 is 15.5 Å². The summed E-state index contributed by atoms with van der Waals surface area (Å²) < 4.78 is 24.5. The molecule has 0 spiro atoms. The van der Waals surface area contributed by atoms with Gasteiger partial charge < -0.3 is 19.7 Å². The smallest absolute Gasteiger partial charge is 0.429 e. The molecular weight excluding hydrogens is 483 g/mol. The molecule has 202 valence electrons. The second-order valence-electron chi connectivity index (χ2n) is 10.9. The molecule has 11 heteroatoms. The van der Waals surface area contributed by atoms with Gasteiger partial charge in [0.05, 0.1) is 12.5 Å². The maximum absolute atomic E-state index is 13.6. The minimum Gasteiger partial charge on any atom is -0.484 e. The summed E-state index contributed by atoms with van der Waals surface area (Å²) in [6.45, 7) is 5.67. The molecule has 10 nitrogen and oxygen atoms in total. The Balaban J connectivity index is 1.48. The van der Waals surface area contributed by atoms with E-state index in [9.17, 15) is 23.6 Å². The topological polar surface area (TPSA) is 117 Å². The van der Waals surface area contributed by atoms with Gasteiger partial charge in [-0.25, -0.2) is 14.2 Å². The number of halogens is 1. The molecule has 1 aromatic carbocycles. The van der Waals surface area contributed by atoms with Crippen molar-refractivity contribution in [2.75, 3.05) is 26.2 Å². The van der Waals surface area contributed by atoms with Crippen molar-refractivity contribution in [1.29, 1.82) is 0 Å². The first-order valence-electron chi connectivity index (χ1n) is 12.8. The lowest BCUT2D eigenvalue weighted by molar-refractivity contribution is -0.143. The van der Waals surface area contributed by atoms with Crippen LogP contribution in [0.25, 0.3) is 0 Å². The highest BCUT2D eigenvalue weighted by Gasteiger charge is 2.50. The molecule has 3 fully saturated rings. The van der Waals surface area contributed by atoms with E-state index in [2.05, 4.69) is 10.7 Å². The molecule has 4 amide bonds. The molecule has 2 N–H and O–H groups in total. The van der Waals surface area contributed by atoms with Crippen molar-refractivity contribution < 1.29 is 33.0 Å². The van der Waals surface area contributed by atoms with Gasteiger partial charge in [0.1, 0.15) is 23.2 Å². The van der Waals surface area contributed by atoms with E-state index in [0.29, 0.717) is 19.5 Å². The molecule has 1 aliphatic carbocycles. The average Bonchev–Trinajstić information content (AvgIpc) is 3.52. The van der Waals surface area contributed by atoms with Crippen LogP contribution in [0.2, 0.25) is 0 Å². The molecule has 2 saturated heterocycles. The first-order chi connectivity index (χ1) is 17.5. The summed E-state index contributed by atoms with van der Waals surface area (Å²) in [6, 6.07) is 4.72. The highest BCUT2D eigenvalue weighted by Crippen LogP contribution is 2.42. The van der Waals surface area contributed by atoms with Crippen molar-refractivity contribution in [3.63, 3.8) is 0 Å². The van der Waals surface area contributed by atoms with Gasteiger partial charge in [0.15, 0.2) is 6.61 Å². The summed E-state index contributed by atoms with van der Waals surface area (Å²) in [7, 11) is 0. The summed E-state index contributed by atoms with van der Waals surface area (Å²) in [5.41, 5.74) is 1.86. The van der Waals surface area contributed by atoms with Crippen LogP contribution in [-0.2, 0) is 19.1 Å². The normalized spacial score (nSPS) is 24.9. The number of ether oxygens (including phenoxy) is 2. The van der Waals surface area contributed by atoms with Crippen LogP contribution in [0.5, 0.6) is 5.75 Å². The lowest BCUT2D eigenvalue weighted by Gasteiger charge is -2.32. The second kappa shape index (κ2) is 10.9. The quantitative estimate of drug-likeness (QED) is 0.558. The molecular formula is C26H35FN4O6. The standard InChI is InChI=1S/C26H35FN4O6/c1-26(2,3)37-25(35)31(14-17-10-11-28-23(17)33)29-24(34)22-20-9-4-6-16(20)13-30(22)21(32)15-36-19-8-5-7-18(27)12-19/h5,7-8,12,16-17,20,22H,4,6,9-11,13-15H2,1-3H3,(H,28,33)(H,29,34)/t16?,17-,20?,22?/m0/s1. The van der Waals surface area contributed by atoms with Crippen LogP contribution in [0.1, 0.15) is 46.5 Å². The Morgan fingerprint density at radius 2 is 2.00 bits per heavy atom. The third-order valence-electron chi connectivity index (χ3n) is 7.06. The number of amides is 4. The number of carbonyl (C=O) groups excluding carboxylic acids is 4. The summed E-state index contributed by atoms with van der Waals surface area (Å²) >= 11 is 0. The van der Waals surface area contributed by atoms with Crippen molar-refractivity contribution in [2.45, 2.75) is 58.1 Å². The molecule has 2 heterocycles. The fourth-order valence-electron chi connectivity index (χ4n) is 5.40. The number of fused-ring (bicyclic) bond motifs is 1. The van der Waals surface area contributed by atoms with Crippen LogP contribution in [0.4, 0.5) is 9.18 Å². The summed E-state index contributed by atoms with van der Waals surface area (Å²) in [5, 5.41) is 3.79. The van der Waals surface area contributed by atoms with Crippen LogP contribution in [-0.4, -0.2) is 71.6 Å². The molecule has 37 heavy (non-hydrogen) atoms. The molecule has 0 aromatic heterocycles. The van der Waals surface area contributed by atoms with Gasteiger partial charge in [0.2, 0.25) is 5.91 Å². The molecule has 1 aromatic rings. The Labute approximate surface area is 215 Å². The van der Waals surface area contributed by atoms with E-state index in [-0.39, 0.29) is 36.6 Å². The molecule has 3 unspecified atom stereocenters. The third kappa shape index (κ3) is 6.50. The van der Waals surface area contributed by atoms with Crippen LogP contribution in [0.3, 0.4) is 0 Å². The zero-order valence-corrected chi connectivity index (χ0v) is 21.5. The van der Waals surface area contributed by atoms with Gasteiger partial charge in [-0.15, -0.1) is 0 Å². The van der Waals surface area contributed by atoms with Gasteiger partial charge in [-0.3, -0.25) is 19.8 Å². The third-order valence-corrected chi connectivity index (χ3v) is 7.06. The average molecular weight is 519 g/mol. The number of hydrogen-bond donors (Lipinski definition) is 2. The Hall–Kier alpha value is -3.37. The maximum atomic E-state index is 13.6. The predicted octanol–water partition coefficient (Wildman–Crippen LogP) is 2.24. The molecule has 0 bridgehead atoms. The van der Waals surface area contributed by atoms with Crippen molar-refractivity contribution >= 4 is 23.8 Å². The van der Waals surface area contributed by atoms with Gasteiger partial charge in [-0.1, -0.05) is 12.5 Å². The molecule has 4 rings (SSSR count). The van der Waals surface area contributed by atoms with E-state index >= 15 is 0 Å². The highest BCUT2D eigenvalue weighted by atomic mass is 19.1. The van der Waals surface area contributed by atoms with Crippen molar-refractivity contribution in [3.05, 3.63) is 30.1 Å². The number of hydrogen-bond acceptors (Lipinski definition) is 6. The van der Waals surface area contributed by atoms with E-state index in [1.54, 1.807) is 26.8 Å². The van der Waals surface area contributed by atoms with E-state index < -0.39 is 41.3 Å². The first kappa shape index (κ1) is 26.7. The van der Waals surface area contributed by atoms with Gasteiger partial charge in [-0.05, 0) is 64.0 Å². The van der Waals surface area contributed by atoms with Gasteiger partial charge in [-0.2, -0.15) is 0 Å². The number of benzene rings is 1. The fourth-order valence-corrected chi connectivity index (χ4v) is 5.40. The number of nitrogens with one attached hydrogen (secondary N) is 2. The van der Waals surface area contributed by atoms with E-state index in [4.69, 9.17) is 9.47 Å². The van der Waals surface area contributed by atoms with E-state index in [1.807, 2.05) is 0 Å². The largest absolute Gasteiger partial charge is 0.484 e. The molecule has 1 saturated carbocycles. The number of hydrazine groups is 1. The zero-order valence-electron chi connectivity index (χ0n) is 21.5. The SMILES string of the molecule is CC(C)(C)OC(=O)N(C[C@@H]1CCNC1=O)NC(=O)C1C2CCCC2CN1C(=O)COc1cccc(F)c1. The van der Waals surface area contributed by atoms with Crippen molar-refractivity contribution in [1.82, 2.24) is 20.7 Å². The zero-order chi connectivity index (χ0) is 26.7. The van der Waals surface area contributed by atoms with Crippen molar-refractivity contribution in [2.24, 2.45) is 17.8 Å². The molecule has 4 atom stereocenters. The molecule has 2 aliphatic heterocycles. The van der Waals surface area contributed by atoms with E-state index in [0.717, 1.165) is 24.3 Å². The fraction of sp³-hybridized carbons (Fsp3) is 0.615. The number of carbonyl (C=O) groups is 4. The predicted molar refractivity (Wildman–Crippen MR) is 130 cm³/mol. The maximum Gasteiger partial charge on any atom is 0.429 e. The Bertz CT molecular complexity index is 1040. The Morgan fingerprint density at radius 3 is 2.68 bits per heavy atom. The molecule has 0 radical (unpaired) electrons. The van der Waals surface area contributed by atoms with Gasteiger partial charge in [0, 0.05) is 19.2 Å². The first-order valence-corrected chi connectivity index (χ1v) is 12.8. The number of rotatable bonds is 6. The highest BCUT2D eigenvalue weighted by molar-refractivity contribution is 5.90. The summed E-state index contributed by atoms with van der Waals surface area (Å²) in [4.78, 5) is 53.4. The number of likely N-dealkylation sites (tertiary alicyclic amines) is 1. The summed E-state index contributed by atoms with van der Waals surface area (Å²) in [6.07, 6.45) is 2.41. The minimum absolute atomic E-state index is 0.0378. The lowest BCUT2D eigenvalue weighted by Crippen LogP contribution is -2.57. The minimum atomic E-state index is -0.807. The van der Waals surface area contributed by atoms with Crippen LogP contribution >= 0.6 is 0 Å². The molecule has 3 aliphatic rings. The van der Waals surface area contributed by atoms with Gasteiger partial charge in [0.25, 0.3) is 11.8 Å². The monoisotopic (exact) mass is 518 g/mol. The Kier molecular flexibility index (Phi) is 7.89. The second-order valence-corrected chi connectivity index (χ2v) is 10.9. The van der Waals surface area contributed by atoms with Crippen molar-refractivity contribution in [3.8, 4) is 5.75 Å². The Morgan fingerprint density at radius 1 is 1.22 bits per heavy atom. The van der Waals surface area contributed by atoms with E-state index in [1.165, 1.54) is 23.1 Å². The lowest BCUT2D eigenvalue weighted by atomic mass is 9.93. The van der Waals surface area contributed by atoms with Crippen LogP contribution in [0.15, 0.2) is 24.3 Å². The number of nitrogens with zero attached hydrogens (tertiary/aromatic N) is 2. The summed E-state index contributed by atoms with van der Waals surface area (Å²) in [5.74, 6) is -1.69. The van der Waals surface area contributed by atoms with Crippen LogP contribution in [0, 0.1) is 23.6 Å².